The van der Waals surface area contributed by atoms with Gasteiger partial charge in [-0.3, -0.25) is 15.0 Å². The number of carbonyl (C=O) groups excluding carboxylic acids is 2. The van der Waals surface area contributed by atoms with Crippen molar-refractivity contribution in [1.82, 2.24) is 15.5 Å². The molecule has 2 N–H and O–H groups in total. The fourth-order valence-corrected chi connectivity index (χ4v) is 4.69. The Labute approximate surface area is 147 Å². The maximum Gasteiger partial charge on any atom is 0.321 e. The van der Waals surface area contributed by atoms with E-state index in [-0.39, 0.29) is 24.5 Å². The summed E-state index contributed by atoms with van der Waals surface area (Å²) in [5.74, 6) is 0.856. The highest BCUT2D eigenvalue weighted by Gasteiger charge is 2.28. The average Bonchev–Trinajstić information content (AvgIpc) is 2.99. The van der Waals surface area contributed by atoms with Crippen molar-refractivity contribution in [3.8, 4) is 0 Å². The van der Waals surface area contributed by atoms with E-state index in [0.29, 0.717) is 11.8 Å². The van der Waals surface area contributed by atoms with Crippen LogP contribution in [0.4, 0.5) is 4.79 Å². The van der Waals surface area contributed by atoms with Crippen LogP contribution >= 0.6 is 11.3 Å². The van der Waals surface area contributed by atoms with E-state index in [1.54, 1.807) is 11.3 Å². The zero-order valence-electron chi connectivity index (χ0n) is 14.5. The predicted octanol–water partition coefficient (Wildman–Crippen LogP) is 2.76. The van der Waals surface area contributed by atoms with Gasteiger partial charge in [0.05, 0.1) is 6.54 Å². The number of nitrogens with zero attached hydrogens (tertiary/aromatic N) is 1. The first-order chi connectivity index (χ1) is 11.5. The first kappa shape index (κ1) is 17.4. The Bertz CT molecular complexity index is 601. The second-order valence-corrected chi connectivity index (χ2v) is 8.23. The first-order valence-corrected chi connectivity index (χ1v) is 9.79. The molecule has 0 saturated heterocycles. The molecular formula is C18H27N3O2S. The highest BCUT2D eigenvalue weighted by atomic mass is 32.1. The molecule has 0 spiro atoms. The van der Waals surface area contributed by atoms with Gasteiger partial charge in [0.2, 0.25) is 5.91 Å². The molecule has 2 aliphatic rings. The van der Waals surface area contributed by atoms with Gasteiger partial charge in [-0.05, 0) is 41.7 Å². The van der Waals surface area contributed by atoms with Crippen LogP contribution in [0.25, 0.3) is 0 Å². The molecule has 132 valence electrons. The van der Waals surface area contributed by atoms with Crippen molar-refractivity contribution < 1.29 is 9.59 Å². The minimum atomic E-state index is -0.348. The highest BCUT2D eigenvalue weighted by Crippen LogP contribution is 2.29. The number of hydrogen-bond acceptors (Lipinski definition) is 4. The Morgan fingerprint density at radius 3 is 3.00 bits per heavy atom. The maximum absolute atomic E-state index is 12.1. The lowest BCUT2D eigenvalue weighted by Crippen LogP contribution is -2.51. The molecule has 1 aliphatic heterocycles. The van der Waals surface area contributed by atoms with Gasteiger partial charge < -0.3 is 5.32 Å². The zero-order valence-corrected chi connectivity index (χ0v) is 15.3. The second kappa shape index (κ2) is 7.66. The maximum atomic E-state index is 12.1. The summed E-state index contributed by atoms with van der Waals surface area (Å²) in [6.07, 6.45) is 4.35. The van der Waals surface area contributed by atoms with Crippen molar-refractivity contribution in [2.45, 2.75) is 52.1 Å². The van der Waals surface area contributed by atoms with Gasteiger partial charge in [0.25, 0.3) is 0 Å². The van der Waals surface area contributed by atoms with Crippen molar-refractivity contribution in [1.29, 1.82) is 0 Å². The van der Waals surface area contributed by atoms with Gasteiger partial charge in [-0.15, -0.1) is 11.3 Å². The molecule has 1 fully saturated rings. The van der Waals surface area contributed by atoms with Crippen molar-refractivity contribution >= 4 is 23.3 Å². The standard InChI is InChI=1S/C18H27N3O2S/c1-12-4-3-5-15(13(12)2)19-18(23)20-17(22)11-21-8-6-16-14(10-21)7-9-24-16/h7,9,12-13,15H,3-6,8,10-11H2,1-2H3,(H2,19,20,22,23). The van der Waals surface area contributed by atoms with Crippen LogP contribution in [-0.2, 0) is 17.8 Å². The molecule has 3 amide bonds. The lowest BCUT2D eigenvalue weighted by molar-refractivity contribution is -0.121. The van der Waals surface area contributed by atoms with Gasteiger partial charge in [-0.2, -0.15) is 0 Å². The Morgan fingerprint density at radius 1 is 1.33 bits per heavy atom. The van der Waals surface area contributed by atoms with Crippen LogP contribution < -0.4 is 10.6 Å². The number of amides is 3. The number of fused-ring (bicyclic) bond motifs is 1. The van der Waals surface area contributed by atoms with Crippen LogP contribution in [0.3, 0.4) is 0 Å². The van der Waals surface area contributed by atoms with Crippen molar-refractivity contribution in [2.75, 3.05) is 13.1 Å². The second-order valence-electron chi connectivity index (χ2n) is 7.23. The van der Waals surface area contributed by atoms with E-state index in [2.05, 4.69) is 40.8 Å². The summed E-state index contributed by atoms with van der Waals surface area (Å²) >= 11 is 1.79. The summed E-state index contributed by atoms with van der Waals surface area (Å²) < 4.78 is 0. The summed E-state index contributed by atoms with van der Waals surface area (Å²) in [5, 5.41) is 7.60. The Balaban J connectivity index is 1.44. The number of rotatable bonds is 3. The molecule has 5 nitrogen and oxygen atoms in total. The molecule has 6 heteroatoms. The predicted molar refractivity (Wildman–Crippen MR) is 95.9 cm³/mol. The Morgan fingerprint density at radius 2 is 2.17 bits per heavy atom. The van der Waals surface area contributed by atoms with E-state index in [9.17, 15) is 9.59 Å². The summed E-state index contributed by atoms with van der Waals surface area (Å²) in [6, 6.07) is 1.95. The van der Waals surface area contributed by atoms with Crippen molar-refractivity contribution in [2.24, 2.45) is 11.8 Å². The van der Waals surface area contributed by atoms with Crippen LogP contribution in [0.1, 0.15) is 43.6 Å². The van der Waals surface area contributed by atoms with E-state index < -0.39 is 0 Å². The number of carbonyl (C=O) groups is 2. The van der Waals surface area contributed by atoms with Crippen LogP contribution in [0.5, 0.6) is 0 Å². The molecule has 3 rings (SSSR count). The number of thiophene rings is 1. The van der Waals surface area contributed by atoms with Crippen molar-refractivity contribution in [3.63, 3.8) is 0 Å². The quantitative estimate of drug-likeness (QED) is 0.882. The molecule has 0 radical (unpaired) electrons. The molecule has 3 atom stereocenters. The number of urea groups is 1. The molecule has 1 aromatic heterocycles. The van der Waals surface area contributed by atoms with E-state index in [0.717, 1.165) is 32.4 Å². The van der Waals surface area contributed by atoms with Gasteiger partial charge in [-0.1, -0.05) is 26.7 Å². The van der Waals surface area contributed by atoms with E-state index >= 15 is 0 Å². The van der Waals surface area contributed by atoms with Gasteiger partial charge in [0, 0.05) is 24.0 Å². The summed E-state index contributed by atoms with van der Waals surface area (Å²) in [6.45, 7) is 6.36. The third-order valence-corrected chi connectivity index (χ3v) is 6.55. The third kappa shape index (κ3) is 4.16. The van der Waals surface area contributed by atoms with Crippen LogP contribution in [0.2, 0.25) is 0 Å². The Hall–Kier alpha value is -1.40. The van der Waals surface area contributed by atoms with Crippen LogP contribution in [0.15, 0.2) is 11.4 Å². The molecule has 3 unspecified atom stereocenters. The number of imide groups is 1. The number of hydrogen-bond donors (Lipinski definition) is 2. The van der Waals surface area contributed by atoms with Gasteiger partial charge in [0.15, 0.2) is 0 Å². The normalized spacial score (nSPS) is 27.3. The highest BCUT2D eigenvalue weighted by molar-refractivity contribution is 7.10. The van der Waals surface area contributed by atoms with E-state index in [1.165, 1.54) is 16.9 Å². The van der Waals surface area contributed by atoms with E-state index in [4.69, 9.17) is 0 Å². The SMILES string of the molecule is CC1CCCC(NC(=O)NC(=O)CN2CCc3sccc3C2)C1C. The average molecular weight is 350 g/mol. The molecule has 2 heterocycles. The minimum absolute atomic E-state index is 0.171. The molecule has 0 aromatic carbocycles. The summed E-state index contributed by atoms with van der Waals surface area (Å²) in [7, 11) is 0. The molecule has 24 heavy (non-hydrogen) atoms. The van der Waals surface area contributed by atoms with Crippen molar-refractivity contribution in [3.05, 3.63) is 21.9 Å². The monoisotopic (exact) mass is 349 g/mol. The molecule has 0 bridgehead atoms. The topological polar surface area (TPSA) is 61.4 Å². The smallest absolute Gasteiger partial charge is 0.321 e. The fourth-order valence-electron chi connectivity index (χ4n) is 3.80. The Kier molecular flexibility index (Phi) is 5.56. The molecule has 1 aromatic rings. The third-order valence-electron chi connectivity index (χ3n) is 5.53. The lowest BCUT2D eigenvalue weighted by atomic mass is 9.78. The van der Waals surface area contributed by atoms with Gasteiger partial charge in [-0.25, -0.2) is 4.79 Å². The molecular weight excluding hydrogens is 322 g/mol. The first-order valence-electron chi connectivity index (χ1n) is 8.91. The zero-order chi connectivity index (χ0) is 17.1. The summed E-state index contributed by atoms with van der Waals surface area (Å²) in [5.41, 5.74) is 1.31. The fraction of sp³-hybridized carbons (Fsp3) is 0.667. The largest absolute Gasteiger partial charge is 0.335 e. The minimum Gasteiger partial charge on any atom is -0.335 e. The van der Waals surface area contributed by atoms with Crippen LogP contribution in [-0.4, -0.2) is 36.0 Å². The van der Waals surface area contributed by atoms with Gasteiger partial charge >= 0.3 is 6.03 Å². The van der Waals surface area contributed by atoms with Gasteiger partial charge in [0.1, 0.15) is 0 Å². The number of nitrogens with one attached hydrogen (secondary N) is 2. The molecule has 1 aliphatic carbocycles. The summed E-state index contributed by atoms with van der Waals surface area (Å²) in [4.78, 5) is 27.8. The molecule has 1 saturated carbocycles. The van der Waals surface area contributed by atoms with Crippen LogP contribution in [0, 0.1) is 11.8 Å². The lowest BCUT2D eigenvalue weighted by Gasteiger charge is -2.34. The van der Waals surface area contributed by atoms with E-state index in [1.807, 2.05) is 0 Å².